The minimum Gasteiger partial charge on any atom is -0.348 e. The van der Waals surface area contributed by atoms with Crippen LogP contribution in [0.2, 0.25) is 0 Å². The van der Waals surface area contributed by atoms with E-state index < -0.39 is 0 Å². The Kier molecular flexibility index (Phi) is 3.48. The first-order valence-corrected chi connectivity index (χ1v) is 8.76. The SMILES string of the molecule is CN(C(=O)C1CC1)C1CCN(c2nc3cnccc3s2)CC1. The molecule has 5 nitrogen and oxygen atoms in total. The molecule has 1 saturated heterocycles. The van der Waals surface area contributed by atoms with Crippen molar-refractivity contribution in [1.29, 1.82) is 0 Å². The highest BCUT2D eigenvalue weighted by atomic mass is 32.1. The molecular weight excluding hydrogens is 296 g/mol. The Balaban J connectivity index is 1.41. The van der Waals surface area contributed by atoms with Gasteiger partial charge >= 0.3 is 0 Å². The summed E-state index contributed by atoms with van der Waals surface area (Å²) < 4.78 is 1.19. The zero-order valence-corrected chi connectivity index (χ0v) is 13.6. The van der Waals surface area contributed by atoms with Gasteiger partial charge in [0, 0.05) is 38.3 Å². The topological polar surface area (TPSA) is 49.3 Å². The van der Waals surface area contributed by atoms with Crippen LogP contribution >= 0.6 is 11.3 Å². The Morgan fingerprint density at radius 2 is 2.09 bits per heavy atom. The Labute approximate surface area is 134 Å². The van der Waals surface area contributed by atoms with Crippen molar-refractivity contribution in [1.82, 2.24) is 14.9 Å². The van der Waals surface area contributed by atoms with Crippen molar-refractivity contribution in [3.8, 4) is 0 Å². The van der Waals surface area contributed by atoms with Crippen LogP contribution in [0, 0.1) is 5.92 Å². The summed E-state index contributed by atoms with van der Waals surface area (Å²) in [5.74, 6) is 0.671. The fourth-order valence-electron chi connectivity index (χ4n) is 3.15. The van der Waals surface area contributed by atoms with Gasteiger partial charge in [-0.15, -0.1) is 0 Å². The smallest absolute Gasteiger partial charge is 0.225 e. The number of hydrogen-bond donors (Lipinski definition) is 0. The zero-order chi connectivity index (χ0) is 15.1. The van der Waals surface area contributed by atoms with Crippen LogP contribution in [0.5, 0.6) is 0 Å². The molecule has 0 bridgehead atoms. The highest BCUT2D eigenvalue weighted by molar-refractivity contribution is 7.22. The number of fused-ring (bicyclic) bond motifs is 1. The van der Waals surface area contributed by atoms with E-state index in [1.165, 1.54) is 4.70 Å². The number of carbonyl (C=O) groups is 1. The molecule has 4 rings (SSSR count). The van der Waals surface area contributed by atoms with Gasteiger partial charge in [-0.05, 0) is 31.7 Å². The molecule has 0 aromatic carbocycles. The highest BCUT2D eigenvalue weighted by Crippen LogP contribution is 2.33. The first-order chi connectivity index (χ1) is 10.7. The summed E-state index contributed by atoms with van der Waals surface area (Å²) in [5.41, 5.74) is 0.977. The van der Waals surface area contributed by atoms with E-state index in [9.17, 15) is 4.79 Å². The van der Waals surface area contributed by atoms with Gasteiger partial charge < -0.3 is 9.80 Å². The minimum absolute atomic E-state index is 0.319. The van der Waals surface area contributed by atoms with Gasteiger partial charge in [0.1, 0.15) is 5.52 Å². The lowest BCUT2D eigenvalue weighted by atomic mass is 10.0. The lowest BCUT2D eigenvalue weighted by Gasteiger charge is -2.36. The number of piperidine rings is 1. The van der Waals surface area contributed by atoms with Crippen LogP contribution in [0.25, 0.3) is 10.2 Å². The molecular formula is C16H20N4OS. The van der Waals surface area contributed by atoms with Gasteiger partial charge in [-0.25, -0.2) is 4.98 Å². The molecule has 2 aliphatic rings. The van der Waals surface area contributed by atoms with Crippen LogP contribution < -0.4 is 4.90 Å². The quantitative estimate of drug-likeness (QED) is 0.873. The first kappa shape index (κ1) is 13.9. The number of hydrogen-bond acceptors (Lipinski definition) is 5. The summed E-state index contributed by atoms with van der Waals surface area (Å²) >= 11 is 1.73. The Bertz CT molecular complexity index is 655. The van der Waals surface area contributed by atoms with E-state index in [-0.39, 0.29) is 0 Å². The maximum atomic E-state index is 12.2. The Hall–Kier alpha value is -1.69. The maximum absolute atomic E-state index is 12.2. The molecule has 1 aliphatic heterocycles. The lowest BCUT2D eigenvalue weighted by Crippen LogP contribution is -2.46. The predicted octanol–water partition coefficient (Wildman–Crippen LogP) is 2.53. The molecule has 2 aromatic heterocycles. The van der Waals surface area contributed by atoms with E-state index >= 15 is 0 Å². The second kappa shape index (κ2) is 5.50. The molecule has 0 N–H and O–H groups in total. The Morgan fingerprint density at radius 3 is 2.77 bits per heavy atom. The average molecular weight is 316 g/mol. The minimum atomic E-state index is 0.319. The monoisotopic (exact) mass is 316 g/mol. The average Bonchev–Trinajstić information content (AvgIpc) is 3.32. The Morgan fingerprint density at radius 1 is 1.32 bits per heavy atom. The number of anilines is 1. The number of thiazole rings is 1. The summed E-state index contributed by atoms with van der Waals surface area (Å²) in [4.78, 5) is 25.3. The normalized spacial score (nSPS) is 19.6. The molecule has 22 heavy (non-hydrogen) atoms. The summed E-state index contributed by atoms with van der Waals surface area (Å²) in [6.07, 6.45) is 7.87. The molecule has 3 heterocycles. The van der Waals surface area contributed by atoms with Gasteiger partial charge in [-0.1, -0.05) is 11.3 Å². The van der Waals surface area contributed by atoms with Crippen molar-refractivity contribution in [2.75, 3.05) is 25.0 Å². The number of aromatic nitrogens is 2. The van der Waals surface area contributed by atoms with Crippen molar-refractivity contribution < 1.29 is 4.79 Å². The highest BCUT2D eigenvalue weighted by Gasteiger charge is 2.35. The van der Waals surface area contributed by atoms with E-state index in [0.29, 0.717) is 17.9 Å². The van der Waals surface area contributed by atoms with Gasteiger partial charge in [0.15, 0.2) is 5.13 Å². The van der Waals surface area contributed by atoms with Crippen molar-refractivity contribution >= 4 is 32.6 Å². The number of pyridine rings is 1. The molecule has 0 atom stereocenters. The molecule has 2 aromatic rings. The van der Waals surface area contributed by atoms with Gasteiger partial charge in [0.05, 0.1) is 10.9 Å². The molecule has 116 valence electrons. The standard InChI is InChI=1S/C16H20N4OS/c1-19(15(21)11-2-3-11)12-5-8-20(9-6-12)16-18-13-10-17-7-4-14(13)22-16/h4,7,10-12H,2-3,5-6,8-9H2,1H3. The van der Waals surface area contributed by atoms with E-state index in [2.05, 4.69) is 14.9 Å². The van der Waals surface area contributed by atoms with Gasteiger partial charge in [0.25, 0.3) is 0 Å². The largest absolute Gasteiger partial charge is 0.348 e. The molecule has 1 saturated carbocycles. The van der Waals surface area contributed by atoms with E-state index in [1.54, 1.807) is 11.3 Å². The van der Waals surface area contributed by atoms with Crippen LogP contribution in [0.1, 0.15) is 25.7 Å². The van der Waals surface area contributed by atoms with Crippen molar-refractivity contribution in [3.63, 3.8) is 0 Å². The summed E-state index contributed by atoms with van der Waals surface area (Å²) in [6.45, 7) is 1.94. The second-order valence-electron chi connectivity index (χ2n) is 6.28. The summed E-state index contributed by atoms with van der Waals surface area (Å²) in [6, 6.07) is 2.41. The molecule has 0 spiro atoms. The molecule has 2 fully saturated rings. The van der Waals surface area contributed by atoms with Gasteiger partial charge in [0.2, 0.25) is 5.91 Å². The fraction of sp³-hybridized carbons (Fsp3) is 0.562. The number of rotatable bonds is 3. The van der Waals surface area contributed by atoms with Crippen LogP contribution in [0.15, 0.2) is 18.5 Å². The van der Waals surface area contributed by atoms with Crippen LogP contribution in [-0.2, 0) is 4.79 Å². The van der Waals surface area contributed by atoms with Gasteiger partial charge in [-0.3, -0.25) is 9.78 Å². The zero-order valence-electron chi connectivity index (χ0n) is 12.7. The van der Waals surface area contributed by atoms with Crippen molar-refractivity contribution in [2.45, 2.75) is 31.7 Å². The summed E-state index contributed by atoms with van der Waals surface area (Å²) in [5, 5.41) is 1.08. The van der Waals surface area contributed by atoms with E-state index in [0.717, 1.165) is 49.4 Å². The maximum Gasteiger partial charge on any atom is 0.225 e. The predicted molar refractivity (Wildman–Crippen MR) is 88.1 cm³/mol. The molecule has 6 heteroatoms. The first-order valence-electron chi connectivity index (χ1n) is 7.94. The molecule has 0 radical (unpaired) electrons. The number of nitrogens with zero attached hydrogens (tertiary/aromatic N) is 4. The molecule has 1 amide bonds. The third-order valence-electron chi connectivity index (χ3n) is 4.74. The molecule has 0 unspecified atom stereocenters. The molecule has 1 aliphatic carbocycles. The number of carbonyl (C=O) groups excluding carboxylic acids is 1. The van der Waals surface area contributed by atoms with Crippen LogP contribution in [-0.4, -0.2) is 47.0 Å². The van der Waals surface area contributed by atoms with Gasteiger partial charge in [-0.2, -0.15) is 0 Å². The second-order valence-corrected chi connectivity index (χ2v) is 7.29. The van der Waals surface area contributed by atoms with Crippen molar-refractivity contribution in [3.05, 3.63) is 18.5 Å². The van der Waals surface area contributed by atoms with E-state index in [4.69, 9.17) is 0 Å². The van der Waals surface area contributed by atoms with Crippen molar-refractivity contribution in [2.24, 2.45) is 5.92 Å². The van der Waals surface area contributed by atoms with Crippen LogP contribution in [0.4, 0.5) is 5.13 Å². The third kappa shape index (κ3) is 2.56. The fourth-order valence-corrected chi connectivity index (χ4v) is 4.13. The third-order valence-corrected chi connectivity index (χ3v) is 5.83. The van der Waals surface area contributed by atoms with E-state index in [1.807, 2.05) is 30.4 Å². The number of amides is 1. The van der Waals surface area contributed by atoms with Crippen LogP contribution in [0.3, 0.4) is 0 Å². The summed E-state index contributed by atoms with van der Waals surface area (Å²) in [7, 11) is 1.98. The lowest BCUT2D eigenvalue weighted by molar-refractivity contribution is -0.133.